The molecular weight excluding hydrogens is 314 g/mol. The summed E-state index contributed by atoms with van der Waals surface area (Å²) in [6.45, 7) is 2.58. The van der Waals surface area contributed by atoms with E-state index in [4.69, 9.17) is 17.2 Å². The Labute approximate surface area is 119 Å². The molecule has 0 aliphatic heterocycles. The molecule has 0 aliphatic carbocycles. The second-order valence-corrected chi connectivity index (χ2v) is 4.53. The molecule has 0 saturated carbocycles. The number of aromatic nitrogens is 2. The van der Waals surface area contributed by atoms with Crippen molar-refractivity contribution < 1.29 is 4.79 Å². The van der Waals surface area contributed by atoms with Crippen LogP contribution in [-0.2, 0) is 0 Å². The SMILES string of the molecule is NCCCNCCNC(=O)c1nc(Br)c(N)nc1N. The summed E-state index contributed by atoms with van der Waals surface area (Å²) in [5.41, 5.74) is 16.5. The summed E-state index contributed by atoms with van der Waals surface area (Å²) in [6, 6.07) is 0. The third kappa shape index (κ3) is 4.97. The van der Waals surface area contributed by atoms with Gasteiger partial charge < -0.3 is 27.8 Å². The number of rotatable bonds is 7. The minimum Gasteiger partial charge on any atom is -0.382 e. The molecule has 0 unspecified atom stereocenters. The van der Waals surface area contributed by atoms with Gasteiger partial charge in [0.2, 0.25) is 0 Å². The fourth-order valence-corrected chi connectivity index (χ4v) is 1.57. The van der Waals surface area contributed by atoms with Gasteiger partial charge in [-0.15, -0.1) is 0 Å². The van der Waals surface area contributed by atoms with Gasteiger partial charge in [0.15, 0.2) is 17.3 Å². The van der Waals surface area contributed by atoms with Gasteiger partial charge in [0.25, 0.3) is 5.91 Å². The Balaban J connectivity index is 2.43. The van der Waals surface area contributed by atoms with Crippen molar-refractivity contribution in [2.24, 2.45) is 5.73 Å². The van der Waals surface area contributed by atoms with Crippen molar-refractivity contribution in [1.29, 1.82) is 0 Å². The van der Waals surface area contributed by atoms with E-state index in [9.17, 15) is 4.79 Å². The van der Waals surface area contributed by atoms with Crippen LogP contribution < -0.4 is 27.8 Å². The van der Waals surface area contributed by atoms with E-state index in [-0.39, 0.29) is 23.2 Å². The van der Waals surface area contributed by atoms with Crippen LogP contribution in [0.15, 0.2) is 4.60 Å². The number of anilines is 2. The van der Waals surface area contributed by atoms with Crippen molar-refractivity contribution in [3.8, 4) is 0 Å². The number of hydrogen-bond donors (Lipinski definition) is 5. The molecule has 1 heterocycles. The standard InChI is InChI=1S/C10H18BrN7O/c11-7-9(14)18-8(13)6(17-7)10(19)16-5-4-15-3-1-2-12/h15H,1-5,12H2,(H,16,19)(H4,13,14,18). The molecule has 0 bridgehead atoms. The molecule has 1 rings (SSSR count). The molecule has 19 heavy (non-hydrogen) atoms. The van der Waals surface area contributed by atoms with Crippen LogP contribution >= 0.6 is 15.9 Å². The summed E-state index contributed by atoms with van der Waals surface area (Å²) >= 11 is 3.10. The summed E-state index contributed by atoms with van der Waals surface area (Å²) in [5, 5.41) is 5.82. The van der Waals surface area contributed by atoms with Crippen LogP contribution in [0.2, 0.25) is 0 Å². The van der Waals surface area contributed by atoms with E-state index in [1.807, 2.05) is 0 Å². The summed E-state index contributed by atoms with van der Waals surface area (Å²) in [5.74, 6) is -0.224. The number of nitrogen functional groups attached to an aromatic ring is 2. The van der Waals surface area contributed by atoms with E-state index in [1.54, 1.807) is 0 Å². The molecule has 106 valence electrons. The lowest BCUT2D eigenvalue weighted by Crippen LogP contribution is -2.33. The average Bonchev–Trinajstić information content (AvgIpc) is 2.37. The lowest BCUT2D eigenvalue weighted by Gasteiger charge is -2.08. The quantitative estimate of drug-likeness (QED) is 0.406. The monoisotopic (exact) mass is 331 g/mol. The van der Waals surface area contributed by atoms with Crippen LogP contribution in [0.3, 0.4) is 0 Å². The first-order valence-corrected chi connectivity index (χ1v) is 6.63. The van der Waals surface area contributed by atoms with Gasteiger partial charge in [-0.25, -0.2) is 9.97 Å². The first-order valence-electron chi connectivity index (χ1n) is 5.83. The topological polar surface area (TPSA) is 145 Å². The van der Waals surface area contributed by atoms with Crippen molar-refractivity contribution >= 4 is 33.5 Å². The third-order valence-corrected chi connectivity index (χ3v) is 2.85. The fourth-order valence-electron chi connectivity index (χ4n) is 1.31. The zero-order valence-electron chi connectivity index (χ0n) is 10.4. The van der Waals surface area contributed by atoms with E-state index in [2.05, 4.69) is 36.5 Å². The van der Waals surface area contributed by atoms with Crippen LogP contribution in [0.25, 0.3) is 0 Å². The summed E-state index contributed by atoms with van der Waals surface area (Å²) < 4.78 is 0.299. The minimum atomic E-state index is -0.383. The van der Waals surface area contributed by atoms with E-state index in [0.29, 0.717) is 24.2 Å². The van der Waals surface area contributed by atoms with Gasteiger partial charge in [0, 0.05) is 13.1 Å². The molecule has 0 radical (unpaired) electrons. The van der Waals surface area contributed by atoms with Crippen molar-refractivity contribution in [1.82, 2.24) is 20.6 Å². The first-order chi connectivity index (χ1) is 9.06. The zero-order chi connectivity index (χ0) is 14.3. The molecule has 0 saturated heterocycles. The van der Waals surface area contributed by atoms with Gasteiger partial charge in [-0.2, -0.15) is 0 Å². The van der Waals surface area contributed by atoms with E-state index in [1.165, 1.54) is 0 Å². The lowest BCUT2D eigenvalue weighted by molar-refractivity contribution is 0.0949. The summed E-state index contributed by atoms with van der Waals surface area (Å²) in [7, 11) is 0. The Kier molecular flexibility index (Phi) is 6.46. The molecule has 8 nitrogen and oxygen atoms in total. The highest BCUT2D eigenvalue weighted by atomic mass is 79.9. The second-order valence-electron chi connectivity index (χ2n) is 3.78. The number of hydrogen-bond acceptors (Lipinski definition) is 7. The highest BCUT2D eigenvalue weighted by Crippen LogP contribution is 2.17. The van der Waals surface area contributed by atoms with Gasteiger partial charge in [0.1, 0.15) is 4.60 Å². The first kappa shape index (κ1) is 15.6. The molecule has 0 spiro atoms. The number of nitrogens with zero attached hydrogens (tertiary/aromatic N) is 2. The van der Waals surface area contributed by atoms with Crippen molar-refractivity contribution in [2.45, 2.75) is 6.42 Å². The Hall–Kier alpha value is -1.45. The molecule has 9 heteroatoms. The Morgan fingerprint density at radius 2 is 1.89 bits per heavy atom. The maximum absolute atomic E-state index is 11.8. The Morgan fingerprint density at radius 1 is 1.16 bits per heavy atom. The van der Waals surface area contributed by atoms with Crippen LogP contribution in [-0.4, -0.2) is 42.1 Å². The van der Waals surface area contributed by atoms with E-state index < -0.39 is 0 Å². The fraction of sp³-hybridized carbons (Fsp3) is 0.500. The van der Waals surface area contributed by atoms with Crippen LogP contribution in [0.5, 0.6) is 0 Å². The maximum atomic E-state index is 11.8. The molecule has 0 atom stereocenters. The second kappa shape index (κ2) is 7.87. The van der Waals surface area contributed by atoms with Crippen molar-refractivity contribution in [3.05, 3.63) is 10.3 Å². The number of carbonyl (C=O) groups is 1. The number of carbonyl (C=O) groups excluding carboxylic acids is 1. The number of halogens is 1. The molecule has 1 aromatic heterocycles. The number of amides is 1. The largest absolute Gasteiger partial charge is 0.382 e. The van der Waals surface area contributed by atoms with Gasteiger partial charge in [-0.05, 0) is 35.4 Å². The highest BCUT2D eigenvalue weighted by molar-refractivity contribution is 9.10. The molecule has 8 N–H and O–H groups in total. The van der Waals surface area contributed by atoms with Crippen LogP contribution in [0, 0.1) is 0 Å². The smallest absolute Gasteiger partial charge is 0.273 e. The van der Waals surface area contributed by atoms with Crippen LogP contribution in [0.1, 0.15) is 16.9 Å². The lowest BCUT2D eigenvalue weighted by atomic mass is 10.3. The highest BCUT2D eigenvalue weighted by Gasteiger charge is 2.14. The number of nitrogens with one attached hydrogen (secondary N) is 2. The predicted molar refractivity (Wildman–Crippen MR) is 77.4 cm³/mol. The molecule has 0 aliphatic rings. The summed E-state index contributed by atoms with van der Waals surface area (Å²) in [4.78, 5) is 19.6. The van der Waals surface area contributed by atoms with E-state index in [0.717, 1.165) is 13.0 Å². The van der Waals surface area contributed by atoms with Gasteiger partial charge >= 0.3 is 0 Å². The van der Waals surface area contributed by atoms with Crippen molar-refractivity contribution in [2.75, 3.05) is 37.6 Å². The van der Waals surface area contributed by atoms with Gasteiger partial charge in [0.05, 0.1) is 0 Å². The molecule has 1 amide bonds. The maximum Gasteiger partial charge on any atom is 0.273 e. The van der Waals surface area contributed by atoms with Crippen LogP contribution in [0.4, 0.5) is 11.6 Å². The minimum absolute atomic E-state index is 0.00860. The molecule has 0 fully saturated rings. The summed E-state index contributed by atoms with van der Waals surface area (Å²) in [6.07, 6.45) is 0.900. The average molecular weight is 332 g/mol. The molecule has 1 aromatic rings. The van der Waals surface area contributed by atoms with Gasteiger partial charge in [-0.1, -0.05) is 0 Å². The van der Waals surface area contributed by atoms with E-state index >= 15 is 0 Å². The van der Waals surface area contributed by atoms with Crippen molar-refractivity contribution in [3.63, 3.8) is 0 Å². The number of nitrogens with two attached hydrogens (primary N) is 3. The molecule has 0 aromatic carbocycles. The van der Waals surface area contributed by atoms with Gasteiger partial charge in [-0.3, -0.25) is 4.79 Å². The molecular formula is C10H18BrN7O. The Bertz CT molecular complexity index is 440. The Morgan fingerprint density at radius 3 is 2.58 bits per heavy atom. The normalized spacial score (nSPS) is 10.4. The predicted octanol–water partition coefficient (Wildman–Crippen LogP) is -0.928. The third-order valence-electron chi connectivity index (χ3n) is 2.26. The zero-order valence-corrected chi connectivity index (χ0v) is 12.0.